The lowest BCUT2D eigenvalue weighted by atomic mass is 10.2. The van der Waals surface area contributed by atoms with Gasteiger partial charge in [-0.15, -0.1) is 0 Å². The molecule has 0 saturated carbocycles. The van der Waals surface area contributed by atoms with Crippen molar-refractivity contribution in [2.45, 2.75) is 30.7 Å². The SMILES string of the molecule is O=C(Cn1c(=O)ncc2cc(S(=O)(=O)N3CCCCC3)ccc21)Nc1cc(F)ccc1Cl. The van der Waals surface area contributed by atoms with E-state index in [4.69, 9.17) is 11.6 Å². The van der Waals surface area contributed by atoms with Crippen LogP contribution in [0.15, 0.2) is 52.3 Å². The smallest absolute Gasteiger partial charge is 0.323 e. The van der Waals surface area contributed by atoms with E-state index >= 15 is 0 Å². The van der Waals surface area contributed by atoms with Crippen molar-refractivity contribution in [2.75, 3.05) is 18.4 Å². The van der Waals surface area contributed by atoms with Crippen LogP contribution < -0.4 is 11.0 Å². The van der Waals surface area contributed by atoms with Crippen molar-refractivity contribution >= 4 is 44.1 Å². The number of rotatable bonds is 5. The summed E-state index contributed by atoms with van der Waals surface area (Å²) in [6.07, 6.45) is 3.92. The van der Waals surface area contributed by atoms with Crippen molar-refractivity contribution in [3.05, 3.63) is 63.9 Å². The van der Waals surface area contributed by atoms with E-state index < -0.39 is 34.0 Å². The summed E-state index contributed by atoms with van der Waals surface area (Å²) >= 11 is 5.97. The largest absolute Gasteiger partial charge is 0.348 e. The lowest BCUT2D eigenvalue weighted by Gasteiger charge is -2.26. The number of carbonyl (C=O) groups excluding carboxylic acids is 1. The molecule has 1 N–H and O–H groups in total. The minimum Gasteiger partial charge on any atom is -0.323 e. The van der Waals surface area contributed by atoms with E-state index in [1.165, 1.54) is 34.8 Å². The Kier molecular flexibility index (Phi) is 6.27. The second kappa shape index (κ2) is 8.97. The highest BCUT2D eigenvalue weighted by atomic mass is 35.5. The van der Waals surface area contributed by atoms with Crippen LogP contribution in [0.2, 0.25) is 5.02 Å². The molecule has 8 nitrogen and oxygen atoms in total. The summed E-state index contributed by atoms with van der Waals surface area (Å²) in [5.41, 5.74) is -0.250. The number of halogens is 2. The summed E-state index contributed by atoms with van der Waals surface area (Å²) < 4.78 is 41.9. The average Bonchev–Trinajstić information content (AvgIpc) is 2.78. The fourth-order valence-electron chi connectivity index (χ4n) is 3.67. The van der Waals surface area contributed by atoms with Gasteiger partial charge in [0.05, 0.1) is 21.1 Å². The van der Waals surface area contributed by atoms with Crippen LogP contribution >= 0.6 is 11.6 Å². The van der Waals surface area contributed by atoms with E-state index in [1.54, 1.807) is 0 Å². The molecule has 0 bridgehead atoms. The van der Waals surface area contributed by atoms with Crippen LogP contribution in [-0.4, -0.2) is 41.3 Å². The average molecular weight is 479 g/mol. The highest BCUT2D eigenvalue weighted by Crippen LogP contribution is 2.24. The van der Waals surface area contributed by atoms with Gasteiger partial charge in [-0.25, -0.2) is 22.6 Å². The minimum absolute atomic E-state index is 0.0767. The van der Waals surface area contributed by atoms with Gasteiger partial charge in [0.2, 0.25) is 15.9 Å². The summed E-state index contributed by atoms with van der Waals surface area (Å²) in [4.78, 5) is 28.7. The molecule has 0 atom stereocenters. The fraction of sp³-hybridized carbons (Fsp3) is 0.286. The van der Waals surface area contributed by atoms with Crippen LogP contribution in [0.25, 0.3) is 10.9 Å². The second-order valence-corrected chi connectivity index (χ2v) is 9.83. The van der Waals surface area contributed by atoms with Crippen molar-refractivity contribution < 1.29 is 17.6 Å². The number of anilines is 1. The Labute approximate surface area is 188 Å². The Morgan fingerprint density at radius 3 is 2.62 bits per heavy atom. The topological polar surface area (TPSA) is 101 Å². The number of piperidine rings is 1. The molecule has 168 valence electrons. The number of sulfonamides is 1. The first kappa shape index (κ1) is 22.4. The zero-order chi connectivity index (χ0) is 22.9. The van der Waals surface area contributed by atoms with Gasteiger partial charge >= 0.3 is 5.69 Å². The van der Waals surface area contributed by atoms with E-state index in [-0.39, 0.29) is 15.6 Å². The molecule has 1 aliphatic heterocycles. The molecule has 0 radical (unpaired) electrons. The van der Waals surface area contributed by atoms with Crippen LogP contribution in [0.3, 0.4) is 0 Å². The molecule has 1 amide bonds. The van der Waals surface area contributed by atoms with Crippen molar-refractivity contribution in [3.8, 4) is 0 Å². The summed E-state index contributed by atoms with van der Waals surface area (Å²) in [5, 5.41) is 3.02. The Morgan fingerprint density at radius 2 is 1.88 bits per heavy atom. The van der Waals surface area contributed by atoms with E-state index in [0.29, 0.717) is 24.0 Å². The van der Waals surface area contributed by atoms with Gasteiger partial charge in [0.15, 0.2) is 0 Å². The first-order valence-electron chi connectivity index (χ1n) is 10.0. The van der Waals surface area contributed by atoms with E-state index in [1.807, 2.05) is 0 Å². The fourth-order valence-corrected chi connectivity index (χ4v) is 5.39. The molecule has 0 aliphatic carbocycles. The van der Waals surface area contributed by atoms with Gasteiger partial charge in [0.1, 0.15) is 12.4 Å². The van der Waals surface area contributed by atoms with Gasteiger partial charge in [0.25, 0.3) is 0 Å². The van der Waals surface area contributed by atoms with Crippen LogP contribution in [-0.2, 0) is 21.4 Å². The van der Waals surface area contributed by atoms with Crippen LogP contribution in [0, 0.1) is 5.82 Å². The number of fused-ring (bicyclic) bond motifs is 1. The third-order valence-corrected chi connectivity index (χ3v) is 7.52. The molecular formula is C21H20ClFN4O4S. The lowest BCUT2D eigenvalue weighted by molar-refractivity contribution is -0.116. The maximum absolute atomic E-state index is 13.4. The molecule has 0 unspecified atom stereocenters. The molecule has 4 rings (SSSR count). The first-order chi connectivity index (χ1) is 15.3. The summed E-state index contributed by atoms with van der Waals surface area (Å²) in [5.74, 6) is -1.19. The molecule has 3 aromatic rings. The third kappa shape index (κ3) is 4.52. The number of benzene rings is 2. The summed E-state index contributed by atoms with van der Waals surface area (Å²) in [6.45, 7) is 0.538. The van der Waals surface area contributed by atoms with E-state index in [0.717, 1.165) is 36.0 Å². The van der Waals surface area contributed by atoms with E-state index in [9.17, 15) is 22.4 Å². The zero-order valence-electron chi connectivity index (χ0n) is 16.9. The van der Waals surface area contributed by atoms with Crippen LogP contribution in [0.1, 0.15) is 19.3 Å². The lowest BCUT2D eigenvalue weighted by Crippen LogP contribution is -2.35. The normalized spacial score (nSPS) is 15.1. The molecule has 11 heteroatoms. The van der Waals surface area contributed by atoms with Gasteiger partial charge in [0, 0.05) is 24.7 Å². The molecule has 1 aromatic heterocycles. The molecule has 1 aliphatic rings. The van der Waals surface area contributed by atoms with Crippen LogP contribution in [0.5, 0.6) is 0 Å². The number of hydrogen-bond acceptors (Lipinski definition) is 5. The van der Waals surface area contributed by atoms with Gasteiger partial charge in [-0.1, -0.05) is 18.0 Å². The van der Waals surface area contributed by atoms with Crippen molar-refractivity contribution in [1.82, 2.24) is 13.9 Å². The second-order valence-electron chi connectivity index (χ2n) is 7.48. The molecule has 1 saturated heterocycles. The standard InChI is InChI=1S/C21H20ClFN4O4S/c22-17-6-4-15(23)11-18(17)25-20(28)13-27-19-7-5-16(10-14(19)12-24-21(27)29)32(30,31)26-8-2-1-3-9-26/h4-7,10-12H,1-3,8-9,13H2,(H,25,28). The highest BCUT2D eigenvalue weighted by Gasteiger charge is 2.26. The summed E-state index contributed by atoms with van der Waals surface area (Å²) in [7, 11) is -3.66. The van der Waals surface area contributed by atoms with E-state index in [2.05, 4.69) is 10.3 Å². The number of nitrogens with one attached hydrogen (secondary N) is 1. The number of nitrogens with zero attached hydrogens (tertiary/aromatic N) is 3. The van der Waals surface area contributed by atoms with Gasteiger partial charge in [-0.2, -0.15) is 4.31 Å². The Balaban J connectivity index is 1.64. The van der Waals surface area contributed by atoms with Gasteiger partial charge in [-0.3, -0.25) is 9.36 Å². The minimum atomic E-state index is -3.66. The molecule has 1 fully saturated rings. The van der Waals surface area contributed by atoms with Crippen molar-refractivity contribution in [1.29, 1.82) is 0 Å². The molecule has 2 heterocycles. The Hall–Kier alpha value is -2.82. The number of amides is 1. The maximum Gasteiger partial charge on any atom is 0.348 e. The summed E-state index contributed by atoms with van der Waals surface area (Å²) in [6, 6.07) is 7.89. The predicted octanol–water partition coefficient (Wildman–Crippen LogP) is 3.00. The molecule has 0 spiro atoms. The van der Waals surface area contributed by atoms with Crippen molar-refractivity contribution in [2.24, 2.45) is 0 Å². The van der Waals surface area contributed by atoms with Gasteiger partial charge < -0.3 is 5.32 Å². The molecule has 32 heavy (non-hydrogen) atoms. The predicted molar refractivity (Wildman–Crippen MR) is 119 cm³/mol. The zero-order valence-corrected chi connectivity index (χ0v) is 18.5. The highest BCUT2D eigenvalue weighted by molar-refractivity contribution is 7.89. The number of carbonyl (C=O) groups is 1. The monoisotopic (exact) mass is 478 g/mol. The third-order valence-electron chi connectivity index (χ3n) is 5.29. The van der Waals surface area contributed by atoms with Crippen molar-refractivity contribution in [3.63, 3.8) is 0 Å². The molecular weight excluding hydrogens is 459 g/mol. The first-order valence-corrected chi connectivity index (χ1v) is 11.8. The molecule has 2 aromatic carbocycles. The Bertz CT molecular complexity index is 1350. The van der Waals surface area contributed by atoms with Crippen LogP contribution in [0.4, 0.5) is 10.1 Å². The number of hydrogen-bond donors (Lipinski definition) is 1. The van der Waals surface area contributed by atoms with Gasteiger partial charge in [-0.05, 0) is 49.2 Å². The maximum atomic E-state index is 13.4. The Morgan fingerprint density at radius 1 is 1.12 bits per heavy atom. The number of aromatic nitrogens is 2. The quantitative estimate of drug-likeness (QED) is 0.607.